The average molecular weight is 391 g/mol. The summed E-state index contributed by atoms with van der Waals surface area (Å²) >= 11 is 4.52. The standard InChI is InChI=1S/C12H11BrN2O4S2/c1-7-10(13)2-8(12(16)17)3-11(7)21(18,19)15-5-9-4-14-6-20-9/h2-4,6,15H,5H2,1H3,(H,16,17). The Morgan fingerprint density at radius 1 is 1.48 bits per heavy atom. The van der Waals surface area contributed by atoms with E-state index in [1.807, 2.05) is 0 Å². The molecule has 2 aromatic rings. The van der Waals surface area contributed by atoms with E-state index in [4.69, 9.17) is 5.11 Å². The third-order valence-corrected chi connectivity index (χ3v) is 5.88. The van der Waals surface area contributed by atoms with Crippen molar-refractivity contribution in [1.29, 1.82) is 0 Å². The van der Waals surface area contributed by atoms with Crippen LogP contribution in [0.15, 0.2) is 33.2 Å². The maximum atomic E-state index is 12.3. The van der Waals surface area contributed by atoms with E-state index in [2.05, 4.69) is 25.6 Å². The number of rotatable bonds is 5. The van der Waals surface area contributed by atoms with Gasteiger partial charge >= 0.3 is 5.97 Å². The number of nitrogens with one attached hydrogen (secondary N) is 1. The van der Waals surface area contributed by atoms with Crippen LogP contribution in [-0.2, 0) is 16.6 Å². The van der Waals surface area contributed by atoms with Gasteiger partial charge in [0.2, 0.25) is 10.0 Å². The van der Waals surface area contributed by atoms with Gasteiger partial charge in [-0.1, -0.05) is 15.9 Å². The molecule has 1 aromatic carbocycles. The fourth-order valence-corrected chi connectivity index (χ4v) is 4.14. The molecule has 2 rings (SSSR count). The topological polar surface area (TPSA) is 96.4 Å². The highest BCUT2D eigenvalue weighted by molar-refractivity contribution is 9.10. The van der Waals surface area contributed by atoms with Gasteiger partial charge in [-0.25, -0.2) is 17.9 Å². The Morgan fingerprint density at radius 2 is 2.19 bits per heavy atom. The second-order valence-corrected chi connectivity index (χ2v) is 7.74. The summed E-state index contributed by atoms with van der Waals surface area (Å²) < 4.78 is 27.5. The molecule has 0 amide bonds. The van der Waals surface area contributed by atoms with Crippen molar-refractivity contribution >= 4 is 43.3 Å². The number of hydrogen-bond acceptors (Lipinski definition) is 5. The summed E-state index contributed by atoms with van der Waals surface area (Å²) in [4.78, 5) is 15.6. The molecular formula is C12H11BrN2O4S2. The van der Waals surface area contributed by atoms with Crippen LogP contribution in [0.5, 0.6) is 0 Å². The Balaban J connectivity index is 2.37. The lowest BCUT2D eigenvalue weighted by molar-refractivity contribution is 0.0696. The number of thiazole rings is 1. The molecule has 0 spiro atoms. The summed E-state index contributed by atoms with van der Waals surface area (Å²) in [6, 6.07) is 2.53. The number of sulfonamides is 1. The lowest BCUT2D eigenvalue weighted by Crippen LogP contribution is -2.24. The number of aromatic nitrogens is 1. The van der Waals surface area contributed by atoms with Gasteiger partial charge in [-0.05, 0) is 24.6 Å². The molecule has 0 aliphatic heterocycles. The average Bonchev–Trinajstić information content (AvgIpc) is 2.92. The highest BCUT2D eigenvalue weighted by atomic mass is 79.9. The number of carbonyl (C=O) groups is 1. The molecule has 0 fully saturated rings. The minimum Gasteiger partial charge on any atom is -0.478 e. The molecule has 112 valence electrons. The van der Waals surface area contributed by atoms with Crippen molar-refractivity contribution in [2.45, 2.75) is 18.4 Å². The Bertz CT molecular complexity index is 773. The van der Waals surface area contributed by atoms with E-state index in [0.29, 0.717) is 10.0 Å². The number of hydrogen-bond donors (Lipinski definition) is 2. The van der Waals surface area contributed by atoms with Crippen LogP contribution in [-0.4, -0.2) is 24.5 Å². The van der Waals surface area contributed by atoms with Crippen molar-refractivity contribution in [1.82, 2.24) is 9.71 Å². The van der Waals surface area contributed by atoms with Crippen molar-refractivity contribution < 1.29 is 18.3 Å². The van der Waals surface area contributed by atoms with Crippen molar-refractivity contribution in [3.63, 3.8) is 0 Å². The Morgan fingerprint density at radius 3 is 2.76 bits per heavy atom. The van der Waals surface area contributed by atoms with Gasteiger partial charge in [-0.15, -0.1) is 11.3 Å². The van der Waals surface area contributed by atoms with Gasteiger partial charge in [0.25, 0.3) is 0 Å². The zero-order valence-electron chi connectivity index (χ0n) is 10.8. The largest absolute Gasteiger partial charge is 0.478 e. The maximum Gasteiger partial charge on any atom is 0.335 e. The zero-order valence-corrected chi connectivity index (χ0v) is 14.0. The van der Waals surface area contributed by atoms with Gasteiger partial charge in [0, 0.05) is 22.1 Å². The molecule has 0 radical (unpaired) electrons. The van der Waals surface area contributed by atoms with Crippen molar-refractivity contribution in [3.8, 4) is 0 Å². The second kappa shape index (κ2) is 6.22. The Kier molecular flexibility index (Phi) is 4.77. The lowest BCUT2D eigenvalue weighted by atomic mass is 10.1. The molecule has 2 N–H and O–H groups in total. The molecule has 0 saturated heterocycles. The van der Waals surface area contributed by atoms with Crippen LogP contribution in [0.3, 0.4) is 0 Å². The van der Waals surface area contributed by atoms with Gasteiger partial charge < -0.3 is 5.11 Å². The van der Waals surface area contributed by atoms with E-state index in [1.165, 1.54) is 17.4 Å². The molecule has 9 heteroatoms. The molecule has 0 atom stereocenters. The van der Waals surface area contributed by atoms with Crippen molar-refractivity contribution in [2.24, 2.45) is 0 Å². The normalized spacial score (nSPS) is 11.5. The maximum absolute atomic E-state index is 12.3. The summed E-state index contributed by atoms with van der Waals surface area (Å²) in [5, 5.41) is 9.03. The Labute approximate surface area is 134 Å². The molecule has 0 saturated carbocycles. The molecule has 0 unspecified atom stereocenters. The van der Waals surface area contributed by atoms with Gasteiger partial charge in [-0.3, -0.25) is 4.98 Å². The first-order valence-corrected chi connectivity index (χ1v) is 8.87. The highest BCUT2D eigenvalue weighted by Gasteiger charge is 2.21. The van der Waals surface area contributed by atoms with E-state index >= 15 is 0 Å². The SMILES string of the molecule is Cc1c(Br)cc(C(=O)O)cc1S(=O)(=O)NCc1cncs1. The van der Waals surface area contributed by atoms with Crippen molar-refractivity contribution in [2.75, 3.05) is 0 Å². The van der Waals surface area contributed by atoms with E-state index in [1.54, 1.807) is 18.6 Å². The first-order chi connectivity index (χ1) is 9.81. The summed E-state index contributed by atoms with van der Waals surface area (Å²) in [5.74, 6) is -1.19. The van der Waals surface area contributed by atoms with Gasteiger partial charge in [0.05, 0.1) is 16.0 Å². The molecule has 0 aliphatic rings. The summed E-state index contributed by atoms with van der Waals surface area (Å²) in [5.41, 5.74) is 1.97. The molecule has 0 bridgehead atoms. The lowest BCUT2D eigenvalue weighted by Gasteiger charge is -2.11. The van der Waals surface area contributed by atoms with E-state index < -0.39 is 16.0 Å². The van der Waals surface area contributed by atoms with E-state index in [-0.39, 0.29) is 17.0 Å². The number of carboxylic acid groups (broad SMARTS) is 1. The fourth-order valence-electron chi connectivity index (χ4n) is 1.63. The second-order valence-electron chi connectivity index (χ2n) is 4.18. The summed E-state index contributed by atoms with van der Waals surface area (Å²) in [7, 11) is -3.81. The van der Waals surface area contributed by atoms with Gasteiger partial charge in [-0.2, -0.15) is 0 Å². The molecule has 1 aromatic heterocycles. The summed E-state index contributed by atoms with van der Waals surface area (Å²) in [6.07, 6.45) is 1.57. The van der Waals surface area contributed by atoms with Crippen LogP contribution in [0.1, 0.15) is 20.8 Å². The molecule has 21 heavy (non-hydrogen) atoms. The van der Waals surface area contributed by atoms with Gasteiger partial charge in [0.1, 0.15) is 0 Å². The molecular weight excluding hydrogens is 380 g/mol. The van der Waals surface area contributed by atoms with Crippen LogP contribution in [0.2, 0.25) is 0 Å². The Hall–Kier alpha value is -1.29. The quantitative estimate of drug-likeness (QED) is 0.816. The number of aromatic carboxylic acids is 1. The monoisotopic (exact) mass is 390 g/mol. The molecule has 6 nitrogen and oxygen atoms in total. The van der Waals surface area contributed by atoms with Crippen LogP contribution in [0, 0.1) is 6.92 Å². The number of carboxylic acids is 1. The zero-order chi connectivity index (χ0) is 15.6. The first-order valence-electron chi connectivity index (χ1n) is 5.72. The first kappa shape index (κ1) is 16.1. The predicted octanol–water partition coefficient (Wildman–Crippen LogP) is 2.39. The smallest absolute Gasteiger partial charge is 0.335 e. The minimum absolute atomic E-state index is 0.0567. The molecule has 1 heterocycles. The predicted molar refractivity (Wildman–Crippen MR) is 82.0 cm³/mol. The third-order valence-electron chi connectivity index (χ3n) is 2.75. The highest BCUT2D eigenvalue weighted by Crippen LogP contribution is 2.26. The van der Waals surface area contributed by atoms with E-state index in [0.717, 1.165) is 10.9 Å². The van der Waals surface area contributed by atoms with Crippen LogP contribution in [0.25, 0.3) is 0 Å². The number of benzene rings is 1. The van der Waals surface area contributed by atoms with Gasteiger partial charge in [0.15, 0.2) is 0 Å². The number of halogens is 1. The third kappa shape index (κ3) is 3.67. The summed E-state index contributed by atoms with van der Waals surface area (Å²) in [6.45, 7) is 1.72. The van der Waals surface area contributed by atoms with Crippen LogP contribution in [0.4, 0.5) is 0 Å². The minimum atomic E-state index is -3.81. The molecule has 0 aliphatic carbocycles. The van der Waals surface area contributed by atoms with Crippen LogP contribution < -0.4 is 4.72 Å². The number of nitrogens with zero attached hydrogens (tertiary/aromatic N) is 1. The van der Waals surface area contributed by atoms with Crippen molar-refractivity contribution in [3.05, 3.63) is 44.3 Å². The van der Waals surface area contributed by atoms with E-state index in [9.17, 15) is 13.2 Å². The van der Waals surface area contributed by atoms with Crippen LogP contribution >= 0.6 is 27.3 Å². The fraction of sp³-hybridized carbons (Fsp3) is 0.167.